The summed E-state index contributed by atoms with van der Waals surface area (Å²) in [6.07, 6.45) is 8.00. The summed E-state index contributed by atoms with van der Waals surface area (Å²) in [5.41, 5.74) is 8.01. The Morgan fingerprint density at radius 3 is 2.44 bits per heavy atom. The van der Waals surface area contributed by atoms with Crippen molar-refractivity contribution in [2.45, 2.75) is 32.6 Å². The van der Waals surface area contributed by atoms with Gasteiger partial charge >= 0.3 is 0 Å². The molecule has 3 N–H and O–H groups in total. The van der Waals surface area contributed by atoms with Gasteiger partial charge in [-0.2, -0.15) is 0 Å². The fourth-order valence-electron chi connectivity index (χ4n) is 2.32. The summed E-state index contributed by atoms with van der Waals surface area (Å²) >= 11 is 0. The van der Waals surface area contributed by atoms with Crippen LogP contribution in [0.3, 0.4) is 0 Å². The molecule has 0 atom stereocenters. The molecule has 132 valence electrons. The number of nitrogens with one attached hydrogen (secondary N) is 1. The average molecular weight is 338 g/mol. The van der Waals surface area contributed by atoms with Crippen LogP contribution in [0.15, 0.2) is 54.6 Å². The molecule has 0 aliphatic rings. The Morgan fingerprint density at radius 2 is 1.76 bits per heavy atom. The van der Waals surface area contributed by atoms with E-state index in [-0.39, 0.29) is 5.91 Å². The number of unbranched alkanes of at least 4 members (excludes halogenated alkanes) is 3. The second kappa shape index (κ2) is 10.2. The summed E-state index contributed by atoms with van der Waals surface area (Å²) in [6.45, 7) is 2.93. The number of anilines is 2. The summed E-state index contributed by atoms with van der Waals surface area (Å²) in [7, 11) is 0. The standard InChI is InChI=1S/C21H26N2O2/c1-2-3-4-5-16-25-20-13-11-19(12-14-20)23-21(24)15-8-17-6-9-18(22)10-7-17/h6-15H,2-5,16,22H2,1H3,(H,23,24)/b15-8+. The van der Waals surface area contributed by atoms with E-state index < -0.39 is 0 Å². The molecule has 25 heavy (non-hydrogen) atoms. The number of carbonyl (C=O) groups is 1. The number of carbonyl (C=O) groups excluding carboxylic acids is 1. The zero-order valence-electron chi connectivity index (χ0n) is 14.7. The molecular formula is C21H26N2O2. The number of amides is 1. The smallest absolute Gasteiger partial charge is 0.248 e. The van der Waals surface area contributed by atoms with Crippen LogP contribution in [0, 0.1) is 0 Å². The van der Waals surface area contributed by atoms with Crippen molar-refractivity contribution >= 4 is 23.4 Å². The number of benzene rings is 2. The second-order valence-electron chi connectivity index (χ2n) is 5.92. The fraction of sp³-hybridized carbons (Fsp3) is 0.286. The van der Waals surface area contributed by atoms with E-state index in [0.717, 1.165) is 30.0 Å². The van der Waals surface area contributed by atoms with E-state index in [1.807, 2.05) is 36.4 Å². The van der Waals surface area contributed by atoms with Crippen molar-refractivity contribution in [1.82, 2.24) is 0 Å². The first-order valence-electron chi connectivity index (χ1n) is 8.75. The molecule has 1 amide bonds. The number of nitrogen functional groups attached to an aromatic ring is 1. The molecule has 4 heteroatoms. The van der Waals surface area contributed by atoms with Crippen LogP contribution in [-0.2, 0) is 4.79 Å². The van der Waals surface area contributed by atoms with E-state index in [4.69, 9.17) is 10.5 Å². The van der Waals surface area contributed by atoms with Crippen molar-refractivity contribution in [3.63, 3.8) is 0 Å². The van der Waals surface area contributed by atoms with Crippen LogP contribution < -0.4 is 15.8 Å². The predicted molar refractivity (Wildman–Crippen MR) is 105 cm³/mol. The van der Waals surface area contributed by atoms with E-state index in [9.17, 15) is 4.79 Å². The van der Waals surface area contributed by atoms with Gasteiger partial charge in [0.25, 0.3) is 0 Å². The van der Waals surface area contributed by atoms with Crippen LogP contribution in [0.4, 0.5) is 11.4 Å². The van der Waals surface area contributed by atoms with E-state index in [1.165, 1.54) is 25.3 Å². The first-order chi connectivity index (χ1) is 12.2. The van der Waals surface area contributed by atoms with Crippen LogP contribution in [0.2, 0.25) is 0 Å². The van der Waals surface area contributed by atoms with Crippen LogP contribution in [0.5, 0.6) is 5.75 Å². The molecule has 2 aromatic carbocycles. The molecule has 0 heterocycles. The van der Waals surface area contributed by atoms with Crippen molar-refractivity contribution in [3.05, 3.63) is 60.2 Å². The summed E-state index contributed by atoms with van der Waals surface area (Å²) in [4.78, 5) is 12.0. The van der Waals surface area contributed by atoms with Gasteiger partial charge in [0.15, 0.2) is 0 Å². The molecule has 0 saturated carbocycles. The van der Waals surface area contributed by atoms with Gasteiger partial charge in [0.05, 0.1) is 6.61 Å². The highest BCUT2D eigenvalue weighted by Crippen LogP contribution is 2.16. The number of hydrogen-bond donors (Lipinski definition) is 2. The van der Waals surface area contributed by atoms with E-state index in [0.29, 0.717) is 5.69 Å². The number of hydrogen-bond acceptors (Lipinski definition) is 3. The molecule has 2 aromatic rings. The van der Waals surface area contributed by atoms with Gasteiger partial charge in [-0.05, 0) is 54.5 Å². The highest BCUT2D eigenvalue weighted by molar-refractivity contribution is 6.01. The summed E-state index contributed by atoms with van der Waals surface area (Å²) in [5, 5.41) is 2.83. The van der Waals surface area contributed by atoms with Crippen molar-refractivity contribution in [1.29, 1.82) is 0 Å². The molecule has 0 saturated heterocycles. The van der Waals surface area contributed by atoms with Crippen LogP contribution in [0.1, 0.15) is 38.2 Å². The van der Waals surface area contributed by atoms with Crippen molar-refractivity contribution < 1.29 is 9.53 Å². The third-order valence-electron chi connectivity index (χ3n) is 3.75. The Hall–Kier alpha value is -2.75. The molecule has 0 radical (unpaired) electrons. The van der Waals surface area contributed by atoms with Gasteiger partial charge < -0.3 is 15.8 Å². The van der Waals surface area contributed by atoms with Gasteiger partial charge in [-0.1, -0.05) is 38.3 Å². The van der Waals surface area contributed by atoms with Gasteiger partial charge in [0.2, 0.25) is 5.91 Å². The lowest BCUT2D eigenvalue weighted by Gasteiger charge is -2.07. The molecule has 2 rings (SSSR count). The van der Waals surface area contributed by atoms with Crippen LogP contribution >= 0.6 is 0 Å². The van der Waals surface area contributed by atoms with Gasteiger partial charge in [-0.15, -0.1) is 0 Å². The highest BCUT2D eigenvalue weighted by atomic mass is 16.5. The molecule has 0 spiro atoms. The van der Waals surface area contributed by atoms with Gasteiger partial charge in [-0.25, -0.2) is 0 Å². The third kappa shape index (κ3) is 7.12. The van der Waals surface area contributed by atoms with E-state index in [2.05, 4.69) is 12.2 Å². The predicted octanol–water partition coefficient (Wildman–Crippen LogP) is 4.88. The Labute approximate surface area is 149 Å². The molecule has 0 aromatic heterocycles. The largest absolute Gasteiger partial charge is 0.494 e. The maximum atomic E-state index is 12.0. The fourth-order valence-corrected chi connectivity index (χ4v) is 2.32. The molecule has 4 nitrogen and oxygen atoms in total. The van der Waals surface area contributed by atoms with E-state index >= 15 is 0 Å². The first-order valence-corrected chi connectivity index (χ1v) is 8.75. The van der Waals surface area contributed by atoms with Crippen molar-refractivity contribution in [2.24, 2.45) is 0 Å². The maximum Gasteiger partial charge on any atom is 0.248 e. The zero-order valence-corrected chi connectivity index (χ0v) is 14.7. The summed E-state index contributed by atoms with van der Waals surface area (Å²) < 4.78 is 5.69. The van der Waals surface area contributed by atoms with Gasteiger partial charge in [0.1, 0.15) is 5.75 Å². The van der Waals surface area contributed by atoms with Crippen molar-refractivity contribution in [3.8, 4) is 5.75 Å². The lowest BCUT2D eigenvalue weighted by Crippen LogP contribution is -2.07. The molecule has 0 aliphatic heterocycles. The topological polar surface area (TPSA) is 64.3 Å². The third-order valence-corrected chi connectivity index (χ3v) is 3.75. The lowest BCUT2D eigenvalue weighted by molar-refractivity contribution is -0.111. The van der Waals surface area contributed by atoms with Gasteiger partial charge in [-0.3, -0.25) is 4.79 Å². The zero-order chi connectivity index (χ0) is 17.9. The number of nitrogens with two attached hydrogens (primary N) is 1. The lowest BCUT2D eigenvalue weighted by atomic mass is 10.2. The molecule has 0 bridgehead atoms. The molecule has 0 aliphatic carbocycles. The normalized spacial score (nSPS) is 10.8. The second-order valence-corrected chi connectivity index (χ2v) is 5.92. The summed E-state index contributed by atoms with van der Waals surface area (Å²) in [5.74, 6) is 0.650. The van der Waals surface area contributed by atoms with Crippen molar-refractivity contribution in [2.75, 3.05) is 17.7 Å². The maximum absolute atomic E-state index is 12.0. The quantitative estimate of drug-likeness (QED) is 0.389. The van der Waals surface area contributed by atoms with Crippen LogP contribution in [-0.4, -0.2) is 12.5 Å². The number of rotatable bonds is 9. The molecule has 0 fully saturated rings. The van der Waals surface area contributed by atoms with Gasteiger partial charge in [0, 0.05) is 17.5 Å². The minimum Gasteiger partial charge on any atom is -0.494 e. The minimum atomic E-state index is -0.176. The monoisotopic (exact) mass is 338 g/mol. The summed E-state index contributed by atoms with van der Waals surface area (Å²) in [6, 6.07) is 14.8. The van der Waals surface area contributed by atoms with Crippen LogP contribution in [0.25, 0.3) is 6.08 Å². The average Bonchev–Trinajstić information content (AvgIpc) is 2.62. The Bertz CT molecular complexity index is 676. The molecule has 0 unspecified atom stereocenters. The number of ether oxygens (including phenoxy) is 1. The highest BCUT2D eigenvalue weighted by Gasteiger charge is 1.99. The minimum absolute atomic E-state index is 0.176. The first kappa shape index (κ1) is 18.6. The van der Waals surface area contributed by atoms with E-state index in [1.54, 1.807) is 18.2 Å². The Balaban J connectivity index is 1.78. The SMILES string of the molecule is CCCCCCOc1ccc(NC(=O)/C=C/c2ccc(N)cc2)cc1. The Kier molecular flexibility index (Phi) is 7.57. The molecular weight excluding hydrogens is 312 g/mol. The Morgan fingerprint density at radius 1 is 1.04 bits per heavy atom.